The molecule has 16 heteroatoms. The molecule has 4 atom stereocenters. The van der Waals surface area contributed by atoms with Gasteiger partial charge in [0.15, 0.2) is 5.96 Å². The Morgan fingerprint density at radius 3 is 1.78 bits per heavy atom. The van der Waals surface area contributed by atoms with E-state index in [1.807, 2.05) is 5.32 Å². The molecule has 0 aromatic carbocycles. The van der Waals surface area contributed by atoms with Crippen molar-refractivity contribution in [3.63, 3.8) is 0 Å². The number of hydrogen-bond acceptors (Lipinski definition) is 9. The number of aliphatic imine (C=N–C) groups is 1. The fourth-order valence-electron chi connectivity index (χ4n) is 2.26. The van der Waals surface area contributed by atoms with Gasteiger partial charge in [0.25, 0.3) is 0 Å². The highest BCUT2D eigenvalue weighted by molar-refractivity contribution is 5.96. The molecule has 4 unspecified atom stereocenters. The van der Waals surface area contributed by atoms with Gasteiger partial charge < -0.3 is 54.2 Å². The zero-order valence-corrected chi connectivity index (χ0v) is 17.2. The van der Waals surface area contributed by atoms with E-state index < -0.39 is 73.4 Å². The molecule has 14 N–H and O–H groups in total. The van der Waals surface area contributed by atoms with E-state index in [2.05, 4.69) is 15.6 Å². The highest BCUT2D eigenvalue weighted by atomic mass is 16.4. The van der Waals surface area contributed by atoms with Crippen LogP contribution in [0.15, 0.2) is 4.99 Å². The number of carbonyl (C=O) groups excluding carboxylic acids is 4. The van der Waals surface area contributed by atoms with Gasteiger partial charge in [-0.25, -0.2) is 4.79 Å². The number of aliphatic carboxylic acids is 1. The largest absolute Gasteiger partial charge is 0.480 e. The highest BCUT2D eigenvalue weighted by Gasteiger charge is 2.30. The van der Waals surface area contributed by atoms with Crippen LogP contribution in [0.3, 0.4) is 0 Å². The molecule has 0 saturated heterocycles. The lowest BCUT2D eigenvalue weighted by Gasteiger charge is -2.23. The van der Waals surface area contributed by atoms with Crippen LogP contribution in [0.25, 0.3) is 0 Å². The van der Waals surface area contributed by atoms with Crippen molar-refractivity contribution >= 4 is 35.6 Å². The van der Waals surface area contributed by atoms with Gasteiger partial charge in [0.1, 0.15) is 18.1 Å². The number of amides is 4. The molecule has 0 bridgehead atoms. The minimum absolute atomic E-state index is 0.127. The SMILES string of the molecule is NC(=O)CC(NC(=O)C(N)CCCN=C(N)N)C(=O)NC(CO)C(=O)NC(CO)C(=O)O. The molecule has 182 valence electrons. The number of hydrogen-bond donors (Lipinski definition) is 10. The van der Waals surface area contributed by atoms with E-state index in [4.69, 9.17) is 33.1 Å². The van der Waals surface area contributed by atoms with Gasteiger partial charge in [0.2, 0.25) is 23.6 Å². The maximum atomic E-state index is 12.5. The number of nitrogens with one attached hydrogen (secondary N) is 3. The summed E-state index contributed by atoms with van der Waals surface area (Å²) in [6.07, 6.45) is -0.152. The minimum Gasteiger partial charge on any atom is -0.480 e. The Bertz CT molecular complexity index is 712. The number of guanidine groups is 1. The van der Waals surface area contributed by atoms with E-state index in [0.29, 0.717) is 6.42 Å². The molecular formula is C16H30N8O8. The number of nitrogens with zero attached hydrogens (tertiary/aromatic N) is 1. The highest BCUT2D eigenvalue weighted by Crippen LogP contribution is 2.00. The van der Waals surface area contributed by atoms with Crippen molar-refractivity contribution < 1.29 is 39.3 Å². The molecule has 0 aromatic rings. The summed E-state index contributed by atoms with van der Waals surface area (Å²) < 4.78 is 0. The standard InChI is InChI=1S/C16H30N8O8/c17-7(2-1-3-21-16(19)20)12(28)22-8(4-11(18)27)13(29)23-9(5-25)14(30)24-10(6-26)15(31)32/h7-10,25-26H,1-6,17H2,(H2,18,27)(H,22,28)(H,23,29)(H,24,30)(H,31,32)(H4,19,20,21). The number of nitrogens with two attached hydrogens (primary N) is 4. The van der Waals surface area contributed by atoms with Crippen LogP contribution >= 0.6 is 0 Å². The van der Waals surface area contributed by atoms with Crippen molar-refractivity contribution in [2.75, 3.05) is 19.8 Å². The van der Waals surface area contributed by atoms with Crippen LogP contribution in [0.4, 0.5) is 0 Å². The minimum atomic E-state index is -1.67. The molecule has 0 aliphatic heterocycles. The topological polar surface area (TPSA) is 299 Å². The van der Waals surface area contributed by atoms with E-state index in [9.17, 15) is 29.1 Å². The molecule has 0 rings (SSSR count). The monoisotopic (exact) mass is 462 g/mol. The lowest BCUT2D eigenvalue weighted by atomic mass is 10.1. The summed E-state index contributed by atoms with van der Waals surface area (Å²) in [6.45, 7) is -1.67. The quantitative estimate of drug-likeness (QED) is 0.0619. The fourth-order valence-corrected chi connectivity index (χ4v) is 2.26. The first kappa shape index (κ1) is 28.5. The number of aliphatic hydroxyl groups is 2. The van der Waals surface area contributed by atoms with Gasteiger partial charge in [-0.3, -0.25) is 24.2 Å². The molecule has 0 fully saturated rings. The molecule has 0 aliphatic rings. The van der Waals surface area contributed by atoms with Crippen LogP contribution in [-0.2, 0) is 24.0 Å². The Hall–Kier alpha value is -3.50. The van der Waals surface area contributed by atoms with Crippen molar-refractivity contribution in [1.29, 1.82) is 0 Å². The Morgan fingerprint density at radius 1 is 0.812 bits per heavy atom. The summed E-state index contributed by atoms with van der Waals surface area (Å²) in [7, 11) is 0. The van der Waals surface area contributed by atoms with Crippen molar-refractivity contribution in [1.82, 2.24) is 16.0 Å². The van der Waals surface area contributed by atoms with Crippen LogP contribution < -0.4 is 38.9 Å². The predicted molar refractivity (Wildman–Crippen MR) is 109 cm³/mol. The zero-order chi connectivity index (χ0) is 24.8. The molecule has 32 heavy (non-hydrogen) atoms. The summed E-state index contributed by atoms with van der Waals surface area (Å²) in [5.74, 6) is -5.61. The molecular weight excluding hydrogens is 432 g/mol. The van der Waals surface area contributed by atoms with E-state index in [1.165, 1.54) is 0 Å². The van der Waals surface area contributed by atoms with Gasteiger partial charge in [-0.2, -0.15) is 0 Å². The second-order valence-electron chi connectivity index (χ2n) is 6.61. The van der Waals surface area contributed by atoms with Gasteiger partial charge in [-0.1, -0.05) is 0 Å². The first-order valence-electron chi connectivity index (χ1n) is 9.37. The smallest absolute Gasteiger partial charge is 0.328 e. The molecule has 0 heterocycles. The lowest BCUT2D eigenvalue weighted by Crippen LogP contribution is -2.59. The second-order valence-corrected chi connectivity index (χ2v) is 6.61. The lowest BCUT2D eigenvalue weighted by molar-refractivity contribution is -0.143. The third-order valence-corrected chi connectivity index (χ3v) is 3.96. The van der Waals surface area contributed by atoms with Crippen LogP contribution in [0.2, 0.25) is 0 Å². The van der Waals surface area contributed by atoms with Gasteiger partial charge in [0.05, 0.1) is 25.7 Å². The van der Waals surface area contributed by atoms with E-state index in [-0.39, 0.29) is 18.9 Å². The van der Waals surface area contributed by atoms with Gasteiger partial charge in [-0.15, -0.1) is 0 Å². The zero-order valence-electron chi connectivity index (χ0n) is 17.2. The molecule has 4 amide bonds. The molecule has 0 aliphatic carbocycles. The third-order valence-electron chi connectivity index (χ3n) is 3.96. The summed E-state index contributed by atoms with van der Waals surface area (Å²) in [6, 6.07) is -5.92. The van der Waals surface area contributed by atoms with Crippen LogP contribution in [0.5, 0.6) is 0 Å². The van der Waals surface area contributed by atoms with Crippen LogP contribution in [-0.4, -0.2) is 94.8 Å². The summed E-state index contributed by atoms with van der Waals surface area (Å²) in [4.78, 5) is 62.7. The third kappa shape index (κ3) is 11.0. The van der Waals surface area contributed by atoms with Gasteiger partial charge >= 0.3 is 5.97 Å². The van der Waals surface area contributed by atoms with E-state index in [1.54, 1.807) is 0 Å². The maximum absolute atomic E-state index is 12.5. The number of aliphatic hydroxyl groups excluding tert-OH is 2. The van der Waals surface area contributed by atoms with Crippen LogP contribution in [0, 0.1) is 0 Å². The van der Waals surface area contributed by atoms with Crippen LogP contribution in [0.1, 0.15) is 19.3 Å². The average Bonchev–Trinajstić information content (AvgIpc) is 2.71. The number of rotatable bonds is 15. The first-order valence-corrected chi connectivity index (χ1v) is 9.37. The number of carboxylic acid groups (broad SMARTS) is 1. The summed E-state index contributed by atoms with van der Waals surface area (Å²) in [5, 5.41) is 33.3. The second kappa shape index (κ2) is 14.5. The fraction of sp³-hybridized carbons (Fsp3) is 0.625. The van der Waals surface area contributed by atoms with Crippen molar-refractivity contribution in [2.45, 2.75) is 43.4 Å². The molecule has 16 nitrogen and oxygen atoms in total. The number of carbonyl (C=O) groups is 5. The predicted octanol–water partition coefficient (Wildman–Crippen LogP) is -6.23. The summed E-state index contributed by atoms with van der Waals surface area (Å²) in [5.41, 5.74) is 21.2. The normalized spacial score (nSPS) is 14.2. The summed E-state index contributed by atoms with van der Waals surface area (Å²) >= 11 is 0. The van der Waals surface area contributed by atoms with Crippen molar-refractivity contribution in [2.24, 2.45) is 27.9 Å². The van der Waals surface area contributed by atoms with E-state index in [0.717, 1.165) is 0 Å². The Balaban J connectivity index is 5.09. The van der Waals surface area contributed by atoms with Gasteiger partial charge in [-0.05, 0) is 12.8 Å². The molecule has 0 aromatic heterocycles. The Kier molecular flexibility index (Phi) is 12.9. The maximum Gasteiger partial charge on any atom is 0.328 e. The first-order chi connectivity index (χ1) is 14.9. The molecule has 0 radical (unpaired) electrons. The molecule has 0 saturated carbocycles. The number of carboxylic acids is 1. The van der Waals surface area contributed by atoms with Gasteiger partial charge in [0, 0.05) is 6.54 Å². The average molecular weight is 462 g/mol. The van der Waals surface area contributed by atoms with Crippen molar-refractivity contribution in [3.8, 4) is 0 Å². The van der Waals surface area contributed by atoms with E-state index >= 15 is 0 Å². The Labute approximate surface area is 182 Å². The molecule has 0 spiro atoms. The Morgan fingerprint density at radius 2 is 1.31 bits per heavy atom. The van der Waals surface area contributed by atoms with Crippen molar-refractivity contribution in [3.05, 3.63) is 0 Å². The number of primary amides is 1.